The van der Waals surface area contributed by atoms with Crippen LogP contribution in [0.3, 0.4) is 0 Å². The predicted octanol–water partition coefficient (Wildman–Crippen LogP) is 4.01. The number of aliphatic hydroxyl groups is 1. The second-order valence-corrected chi connectivity index (χ2v) is 8.59. The SMILES string of the molecule is COc1cc(C2=NC(C3CC(C)(O)C3)=C3C=NC=C[N+]23N)ccc1Oc1cccc(F)c1. The number of halogens is 1. The van der Waals surface area contributed by atoms with Gasteiger partial charge < -0.3 is 14.6 Å². The summed E-state index contributed by atoms with van der Waals surface area (Å²) in [6.07, 6.45) is 6.42. The summed E-state index contributed by atoms with van der Waals surface area (Å²) >= 11 is 0. The number of fused-ring (bicyclic) bond motifs is 1. The van der Waals surface area contributed by atoms with Crippen LogP contribution in [0, 0.1) is 11.7 Å². The van der Waals surface area contributed by atoms with Crippen LogP contribution in [0.15, 0.2) is 76.2 Å². The Morgan fingerprint density at radius 3 is 2.72 bits per heavy atom. The van der Waals surface area contributed by atoms with E-state index in [4.69, 9.17) is 20.3 Å². The van der Waals surface area contributed by atoms with Crippen LogP contribution in [0.25, 0.3) is 0 Å². The average Bonchev–Trinajstić information content (AvgIpc) is 3.05. The molecule has 5 rings (SSSR count). The van der Waals surface area contributed by atoms with Crippen LogP contribution in [0.5, 0.6) is 17.2 Å². The smallest absolute Gasteiger partial charge is 0.265 e. The fraction of sp³-hybridized carbons (Fsp3) is 0.250. The zero-order chi connectivity index (χ0) is 22.5. The lowest BCUT2D eigenvalue weighted by Gasteiger charge is -2.40. The number of hydrogen-bond acceptors (Lipinski definition) is 6. The zero-order valence-electron chi connectivity index (χ0n) is 17.8. The van der Waals surface area contributed by atoms with Gasteiger partial charge in [0.05, 0.1) is 30.7 Å². The molecule has 3 N–H and O–H groups in total. The Morgan fingerprint density at radius 2 is 2.00 bits per heavy atom. The number of methoxy groups -OCH3 is 1. The molecule has 164 valence electrons. The number of amidine groups is 1. The van der Waals surface area contributed by atoms with Gasteiger partial charge in [0.1, 0.15) is 23.5 Å². The van der Waals surface area contributed by atoms with Crippen LogP contribution in [0.2, 0.25) is 0 Å². The van der Waals surface area contributed by atoms with E-state index in [1.54, 1.807) is 50.0 Å². The summed E-state index contributed by atoms with van der Waals surface area (Å²) in [5, 5.41) is 10.2. The van der Waals surface area contributed by atoms with Gasteiger partial charge in [0.2, 0.25) is 5.70 Å². The van der Waals surface area contributed by atoms with Gasteiger partial charge in [-0.05, 0) is 50.1 Å². The fourth-order valence-electron chi connectivity index (χ4n) is 4.45. The highest BCUT2D eigenvalue weighted by Crippen LogP contribution is 2.47. The lowest BCUT2D eigenvalue weighted by molar-refractivity contribution is -0.750. The minimum Gasteiger partial charge on any atom is -0.493 e. The van der Waals surface area contributed by atoms with Crippen molar-refractivity contribution < 1.29 is 23.6 Å². The summed E-state index contributed by atoms with van der Waals surface area (Å²) in [5.41, 5.74) is 1.72. The highest BCUT2D eigenvalue weighted by Gasteiger charge is 2.50. The summed E-state index contributed by atoms with van der Waals surface area (Å²) < 4.78 is 24.8. The molecule has 2 aromatic carbocycles. The van der Waals surface area contributed by atoms with Gasteiger partial charge in [0.15, 0.2) is 11.5 Å². The number of allylic oxidation sites excluding steroid dienone is 2. The van der Waals surface area contributed by atoms with Gasteiger partial charge in [-0.15, -0.1) is 4.59 Å². The number of nitrogens with two attached hydrogens (primary N) is 1. The Labute approximate surface area is 185 Å². The Morgan fingerprint density at radius 1 is 1.19 bits per heavy atom. The van der Waals surface area contributed by atoms with E-state index in [2.05, 4.69) is 4.99 Å². The molecule has 8 heteroatoms. The molecule has 2 aromatic rings. The molecule has 1 unspecified atom stereocenters. The van der Waals surface area contributed by atoms with Crippen molar-refractivity contribution in [1.82, 2.24) is 0 Å². The fourth-order valence-corrected chi connectivity index (χ4v) is 4.45. The van der Waals surface area contributed by atoms with Crippen LogP contribution < -0.4 is 15.3 Å². The third-order valence-corrected chi connectivity index (χ3v) is 6.03. The second kappa shape index (κ2) is 7.37. The van der Waals surface area contributed by atoms with Crippen LogP contribution >= 0.6 is 0 Å². The summed E-state index contributed by atoms with van der Waals surface area (Å²) in [6.45, 7) is 1.83. The average molecular weight is 435 g/mol. The lowest BCUT2D eigenvalue weighted by Crippen LogP contribution is -2.53. The van der Waals surface area contributed by atoms with Crippen LogP contribution in [-0.4, -0.2) is 34.5 Å². The van der Waals surface area contributed by atoms with Crippen molar-refractivity contribution in [1.29, 1.82) is 0 Å². The maximum atomic E-state index is 13.5. The molecule has 2 heterocycles. The van der Waals surface area contributed by atoms with Gasteiger partial charge in [-0.3, -0.25) is 4.99 Å². The van der Waals surface area contributed by atoms with Crippen LogP contribution in [0.1, 0.15) is 25.3 Å². The number of benzene rings is 2. The topological polar surface area (TPSA) is 89.4 Å². The summed E-state index contributed by atoms with van der Waals surface area (Å²) in [5.74, 6) is 8.43. The third-order valence-electron chi connectivity index (χ3n) is 6.03. The summed E-state index contributed by atoms with van der Waals surface area (Å²) in [6, 6.07) is 11.3. The van der Waals surface area contributed by atoms with Gasteiger partial charge in [-0.2, -0.15) is 10.8 Å². The Bertz CT molecular complexity index is 1210. The molecule has 7 nitrogen and oxygen atoms in total. The molecule has 1 atom stereocenters. The summed E-state index contributed by atoms with van der Waals surface area (Å²) in [4.78, 5) is 9.16. The van der Waals surface area contributed by atoms with Crippen LogP contribution in [0.4, 0.5) is 4.39 Å². The monoisotopic (exact) mass is 435 g/mol. The summed E-state index contributed by atoms with van der Waals surface area (Å²) in [7, 11) is 1.54. The predicted molar refractivity (Wildman–Crippen MR) is 118 cm³/mol. The van der Waals surface area contributed by atoms with Gasteiger partial charge in [0, 0.05) is 12.0 Å². The Kier molecular flexibility index (Phi) is 4.74. The van der Waals surface area contributed by atoms with Crippen molar-refractivity contribution in [3.8, 4) is 17.2 Å². The molecule has 0 radical (unpaired) electrons. The zero-order valence-corrected chi connectivity index (χ0v) is 17.8. The minimum absolute atomic E-state index is 0.106. The first-order valence-electron chi connectivity index (χ1n) is 10.4. The largest absolute Gasteiger partial charge is 0.493 e. The normalized spacial score (nSPS) is 28.3. The number of aliphatic imine (C=N–C) groups is 2. The third kappa shape index (κ3) is 3.42. The maximum Gasteiger partial charge on any atom is 0.265 e. The number of rotatable bonds is 5. The molecule has 0 amide bonds. The van der Waals surface area contributed by atoms with Gasteiger partial charge >= 0.3 is 0 Å². The Hall–Kier alpha value is -3.33. The van der Waals surface area contributed by atoms with E-state index >= 15 is 0 Å². The molecule has 1 fully saturated rings. The molecule has 32 heavy (non-hydrogen) atoms. The number of hydrogen-bond donors (Lipinski definition) is 2. The Balaban J connectivity index is 1.50. The van der Waals surface area contributed by atoms with E-state index in [9.17, 15) is 9.50 Å². The quantitative estimate of drug-likeness (QED) is 0.549. The van der Waals surface area contributed by atoms with Crippen molar-refractivity contribution >= 4 is 12.1 Å². The molecule has 0 bridgehead atoms. The molecule has 1 aliphatic carbocycles. The molecule has 0 saturated heterocycles. The number of quaternary nitrogens is 1. The van der Waals surface area contributed by atoms with Crippen molar-refractivity contribution in [3.63, 3.8) is 0 Å². The molecule has 0 spiro atoms. The van der Waals surface area contributed by atoms with E-state index in [-0.39, 0.29) is 16.3 Å². The van der Waals surface area contributed by atoms with Crippen LogP contribution in [-0.2, 0) is 0 Å². The van der Waals surface area contributed by atoms with E-state index in [0.29, 0.717) is 35.9 Å². The van der Waals surface area contributed by atoms with Crippen molar-refractivity contribution in [3.05, 3.63) is 77.6 Å². The highest BCUT2D eigenvalue weighted by molar-refractivity contribution is 6.00. The van der Waals surface area contributed by atoms with E-state index in [0.717, 1.165) is 17.0 Å². The van der Waals surface area contributed by atoms with Crippen molar-refractivity contribution in [2.75, 3.05) is 7.11 Å². The lowest BCUT2D eigenvalue weighted by atomic mass is 9.70. The second-order valence-electron chi connectivity index (χ2n) is 8.59. The minimum atomic E-state index is -0.679. The number of nitrogens with zero attached hydrogens (tertiary/aromatic N) is 3. The molecular formula is C24H24FN4O3+. The van der Waals surface area contributed by atoms with Crippen molar-refractivity contribution in [2.45, 2.75) is 25.4 Å². The van der Waals surface area contributed by atoms with Crippen molar-refractivity contribution in [2.24, 2.45) is 21.7 Å². The van der Waals surface area contributed by atoms with E-state index < -0.39 is 5.60 Å². The van der Waals surface area contributed by atoms with Gasteiger partial charge in [-0.25, -0.2) is 4.39 Å². The molecular weight excluding hydrogens is 411 g/mol. The molecule has 2 aliphatic heterocycles. The molecule has 0 aromatic heterocycles. The van der Waals surface area contributed by atoms with E-state index in [1.807, 2.05) is 13.0 Å². The maximum absolute atomic E-state index is 13.5. The first kappa shape index (κ1) is 20.6. The van der Waals surface area contributed by atoms with Gasteiger partial charge in [-0.1, -0.05) is 6.07 Å². The highest BCUT2D eigenvalue weighted by atomic mass is 19.1. The molecule has 1 saturated carbocycles. The first-order valence-corrected chi connectivity index (χ1v) is 10.4. The number of ether oxygens (including phenoxy) is 2. The standard InChI is InChI=1S/C24H24FN4O3/c1-24(30)12-16(13-24)22-19-14-27-8-9-29(19,26)23(28-22)15-6-7-20(21(10-15)31-2)32-18-5-3-4-17(25)11-18/h3-11,14,16,30H,12-13,26H2,1-2H3/q+1. The molecule has 3 aliphatic rings. The first-order chi connectivity index (χ1) is 15.3. The van der Waals surface area contributed by atoms with Gasteiger partial charge in [0.25, 0.3) is 5.84 Å². The van der Waals surface area contributed by atoms with E-state index in [1.165, 1.54) is 12.1 Å².